The van der Waals surface area contributed by atoms with Crippen molar-refractivity contribution in [3.63, 3.8) is 0 Å². The van der Waals surface area contributed by atoms with Crippen molar-refractivity contribution in [2.75, 3.05) is 14.2 Å². The number of rotatable bonds is 5. The van der Waals surface area contributed by atoms with Crippen LogP contribution in [-0.2, 0) is 19.0 Å². The summed E-state index contributed by atoms with van der Waals surface area (Å²) in [5.41, 5.74) is -0.872. The molecule has 7 nitrogen and oxygen atoms in total. The van der Waals surface area contributed by atoms with Crippen LogP contribution in [0, 0.1) is 10.1 Å². The summed E-state index contributed by atoms with van der Waals surface area (Å²) in [6.45, 7) is 0. The van der Waals surface area contributed by atoms with Gasteiger partial charge in [-0.3, -0.25) is 19.5 Å². The number of halogens is 3. The highest BCUT2D eigenvalue weighted by atomic mass is 19.4. The van der Waals surface area contributed by atoms with E-state index >= 15 is 0 Å². The third-order valence-electron chi connectivity index (χ3n) is 5.68. The van der Waals surface area contributed by atoms with E-state index in [1.54, 1.807) is 18.2 Å². The van der Waals surface area contributed by atoms with Crippen molar-refractivity contribution < 1.29 is 27.6 Å². The van der Waals surface area contributed by atoms with Crippen LogP contribution in [0.1, 0.15) is 23.1 Å². The van der Waals surface area contributed by atoms with Crippen LogP contribution in [0.2, 0.25) is 0 Å². The molecular formula is C23H19F3N2O5. The van der Waals surface area contributed by atoms with Crippen molar-refractivity contribution in [2.24, 2.45) is 0 Å². The van der Waals surface area contributed by atoms with Gasteiger partial charge in [0.25, 0.3) is 11.2 Å². The average molecular weight is 460 g/mol. The number of non-ortho nitro benzene ring substituents is 1. The van der Waals surface area contributed by atoms with Gasteiger partial charge in [0.15, 0.2) is 0 Å². The van der Waals surface area contributed by atoms with Crippen LogP contribution < -0.4 is 15.0 Å². The third kappa shape index (κ3) is 4.04. The molecule has 172 valence electrons. The van der Waals surface area contributed by atoms with E-state index in [-0.39, 0.29) is 5.56 Å². The lowest BCUT2D eigenvalue weighted by Crippen LogP contribution is -2.24. The second-order valence-corrected chi connectivity index (χ2v) is 7.59. The van der Waals surface area contributed by atoms with Crippen molar-refractivity contribution in [3.05, 3.63) is 79.8 Å². The number of nitro groups is 1. The molecule has 0 N–H and O–H groups in total. The molecule has 1 aliphatic rings. The zero-order chi connectivity index (χ0) is 23.9. The Morgan fingerprint density at radius 3 is 2.27 bits per heavy atom. The first kappa shape index (κ1) is 22.4. The monoisotopic (exact) mass is 460 g/mol. The molecular weight excluding hydrogens is 441 g/mol. The predicted molar refractivity (Wildman–Crippen MR) is 114 cm³/mol. The van der Waals surface area contributed by atoms with Gasteiger partial charge >= 0.3 is 6.18 Å². The lowest BCUT2D eigenvalue weighted by Gasteiger charge is -2.18. The lowest BCUT2D eigenvalue weighted by atomic mass is 9.98. The molecule has 0 fully saturated rings. The Bertz CT molecular complexity index is 1290. The topological polar surface area (TPSA) is 83.6 Å². The Morgan fingerprint density at radius 1 is 1.03 bits per heavy atom. The number of methoxy groups -OCH3 is 2. The molecule has 0 aliphatic heterocycles. The predicted octanol–water partition coefficient (Wildman–Crippen LogP) is 4.94. The van der Waals surface area contributed by atoms with Gasteiger partial charge in [-0.05, 0) is 54.2 Å². The van der Waals surface area contributed by atoms with Crippen LogP contribution in [0.5, 0.6) is 11.5 Å². The standard InChI is InChI=1S/C23H19F3N2O5/c1-32-16-8-14(9-17(11-16)33-2)21-18-5-3-4-13(18)12-27(22(21)29)20-10-15(28(30)31)6-7-19(20)23(24,25)26/h6-12H,3-5H2,1-2H3. The molecule has 0 saturated carbocycles. The van der Waals surface area contributed by atoms with E-state index in [1.807, 2.05) is 0 Å². The number of aromatic nitrogens is 1. The Labute approximate surface area is 186 Å². The minimum atomic E-state index is -4.82. The Kier molecular flexibility index (Phi) is 5.61. The fraction of sp³-hybridized carbons (Fsp3) is 0.261. The minimum Gasteiger partial charge on any atom is -0.497 e. The Morgan fingerprint density at radius 2 is 1.70 bits per heavy atom. The number of fused-ring (bicyclic) bond motifs is 1. The summed E-state index contributed by atoms with van der Waals surface area (Å²) >= 11 is 0. The fourth-order valence-corrected chi connectivity index (χ4v) is 4.16. The number of hydrogen-bond donors (Lipinski definition) is 0. The van der Waals surface area contributed by atoms with Crippen LogP contribution in [0.4, 0.5) is 18.9 Å². The van der Waals surface area contributed by atoms with E-state index in [4.69, 9.17) is 9.47 Å². The zero-order valence-corrected chi connectivity index (χ0v) is 17.7. The fourth-order valence-electron chi connectivity index (χ4n) is 4.16. The molecule has 0 atom stereocenters. The highest BCUT2D eigenvalue weighted by Gasteiger charge is 2.36. The Hall–Kier alpha value is -3.82. The normalized spacial score (nSPS) is 13.0. The van der Waals surface area contributed by atoms with Crippen molar-refractivity contribution in [1.29, 1.82) is 0 Å². The van der Waals surface area contributed by atoms with Crippen molar-refractivity contribution in [2.45, 2.75) is 25.4 Å². The maximum absolute atomic E-state index is 13.8. The summed E-state index contributed by atoms with van der Waals surface area (Å²) in [6, 6.07) is 7.02. The van der Waals surface area contributed by atoms with E-state index in [1.165, 1.54) is 20.4 Å². The summed E-state index contributed by atoms with van der Waals surface area (Å²) < 4.78 is 52.8. The van der Waals surface area contributed by atoms with Gasteiger partial charge in [-0.15, -0.1) is 0 Å². The van der Waals surface area contributed by atoms with Crippen molar-refractivity contribution in [1.82, 2.24) is 4.57 Å². The van der Waals surface area contributed by atoms with E-state index in [2.05, 4.69) is 0 Å². The summed E-state index contributed by atoms with van der Waals surface area (Å²) in [6.07, 6.45) is -1.57. The molecule has 1 aliphatic carbocycles. The largest absolute Gasteiger partial charge is 0.497 e. The maximum Gasteiger partial charge on any atom is 0.418 e. The first-order chi connectivity index (χ1) is 15.6. The number of aryl methyl sites for hydroxylation is 1. The van der Waals surface area contributed by atoms with Gasteiger partial charge in [-0.1, -0.05) is 0 Å². The summed E-state index contributed by atoms with van der Waals surface area (Å²) in [4.78, 5) is 24.1. The molecule has 2 aromatic carbocycles. The minimum absolute atomic E-state index is 0.224. The quantitative estimate of drug-likeness (QED) is 0.398. The number of hydrogen-bond acceptors (Lipinski definition) is 5. The molecule has 0 radical (unpaired) electrons. The first-order valence-corrected chi connectivity index (χ1v) is 10.0. The second kappa shape index (κ2) is 8.27. The molecule has 0 amide bonds. The number of pyridine rings is 1. The number of benzene rings is 2. The summed E-state index contributed by atoms with van der Waals surface area (Å²) in [5, 5.41) is 11.3. The average Bonchev–Trinajstić information content (AvgIpc) is 3.25. The highest BCUT2D eigenvalue weighted by molar-refractivity contribution is 5.72. The molecule has 1 aromatic heterocycles. The van der Waals surface area contributed by atoms with Gasteiger partial charge in [0.2, 0.25) is 0 Å². The van der Waals surface area contributed by atoms with Crippen molar-refractivity contribution >= 4 is 5.69 Å². The van der Waals surface area contributed by atoms with Crippen LogP contribution in [0.15, 0.2) is 47.4 Å². The molecule has 3 aromatic rings. The maximum atomic E-state index is 13.8. The van der Waals surface area contributed by atoms with E-state index < -0.39 is 33.6 Å². The zero-order valence-electron chi connectivity index (χ0n) is 17.7. The molecule has 0 saturated heterocycles. The molecule has 0 unspecified atom stereocenters. The van der Waals surface area contributed by atoms with E-state index in [9.17, 15) is 28.1 Å². The van der Waals surface area contributed by atoms with Crippen LogP contribution in [0.25, 0.3) is 16.8 Å². The van der Waals surface area contributed by atoms with E-state index in [0.29, 0.717) is 41.5 Å². The van der Waals surface area contributed by atoms with Gasteiger partial charge in [-0.2, -0.15) is 13.2 Å². The van der Waals surface area contributed by atoms with Gasteiger partial charge in [0, 0.05) is 24.4 Å². The lowest BCUT2D eigenvalue weighted by molar-refractivity contribution is -0.384. The SMILES string of the molecule is COc1cc(OC)cc(-c2c3c(cn(-c4cc([N+](=O)[O-])ccc4C(F)(F)F)c2=O)CCC3)c1. The van der Waals surface area contributed by atoms with Crippen LogP contribution in [-0.4, -0.2) is 23.7 Å². The molecule has 0 spiro atoms. The first-order valence-electron chi connectivity index (χ1n) is 10.0. The molecule has 33 heavy (non-hydrogen) atoms. The molecule has 0 bridgehead atoms. The number of nitrogens with zero attached hydrogens (tertiary/aromatic N) is 2. The Balaban J connectivity index is 2.06. The number of ether oxygens (including phenoxy) is 2. The summed E-state index contributed by atoms with van der Waals surface area (Å²) in [7, 11) is 2.90. The highest BCUT2D eigenvalue weighted by Crippen LogP contribution is 2.38. The van der Waals surface area contributed by atoms with Crippen molar-refractivity contribution in [3.8, 4) is 28.3 Å². The van der Waals surface area contributed by atoms with Gasteiger partial charge in [0.05, 0.1) is 36.0 Å². The van der Waals surface area contributed by atoms with E-state index in [0.717, 1.165) is 28.7 Å². The third-order valence-corrected chi connectivity index (χ3v) is 5.68. The second-order valence-electron chi connectivity index (χ2n) is 7.59. The summed E-state index contributed by atoms with van der Waals surface area (Å²) in [5.74, 6) is 0.828. The van der Waals surface area contributed by atoms with Gasteiger partial charge in [-0.25, -0.2) is 0 Å². The van der Waals surface area contributed by atoms with Crippen LogP contribution in [0.3, 0.4) is 0 Å². The van der Waals surface area contributed by atoms with Crippen LogP contribution >= 0.6 is 0 Å². The molecule has 1 heterocycles. The van der Waals surface area contributed by atoms with Gasteiger partial charge in [0.1, 0.15) is 11.5 Å². The van der Waals surface area contributed by atoms with Gasteiger partial charge < -0.3 is 9.47 Å². The molecule has 10 heteroatoms. The smallest absolute Gasteiger partial charge is 0.418 e. The number of alkyl halides is 3. The molecule has 4 rings (SSSR count). The number of nitro benzene ring substituents is 1.